The molecule has 2 heterocycles. The lowest BCUT2D eigenvalue weighted by Crippen LogP contribution is -2.22. The number of thiazole rings is 1. The number of carbonyl (C=O) groups is 1. The summed E-state index contributed by atoms with van der Waals surface area (Å²) in [6.07, 6.45) is 0. The Bertz CT molecular complexity index is 1140. The first kappa shape index (κ1) is 16.3. The van der Waals surface area contributed by atoms with Gasteiger partial charge < -0.3 is 9.73 Å². The Kier molecular flexibility index (Phi) is 4.14. The molecular formula is C19H15N3O3S. The largest absolute Gasteiger partial charge is 0.419 e. The number of rotatable bonds is 4. The standard InChI is InChI=1S/C19H15N3O3S/c1-22-15-8-7-13(9-16(15)25-19(22)24)14-11-26-17(21-14)10-20-18(23)12-5-3-2-4-6-12/h2-9,11H,10H2,1H3,(H,20,23). The molecule has 0 spiro atoms. The van der Waals surface area contributed by atoms with Crippen molar-refractivity contribution in [2.24, 2.45) is 7.05 Å². The quantitative estimate of drug-likeness (QED) is 0.602. The van der Waals surface area contributed by atoms with E-state index in [9.17, 15) is 9.59 Å². The molecule has 4 rings (SSSR count). The Hall–Kier alpha value is -3.19. The van der Waals surface area contributed by atoms with E-state index in [-0.39, 0.29) is 11.7 Å². The average Bonchev–Trinajstić information content (AvgIpc) is 3.25. The summed E-state index contributed by atoms with van der Waals surface area (Å²) in [6, 6.07) is 14.6. The van der Waals surface area contributed by atoms with Crippen molar-refractivity contribution in [2.45, 2.75) is 6.54 Å². The maximum absolute atomic E-state index is 12.1. The van der Waals surface area contributed by atoms with Crippen LogP contribution in [0.1, 0.15) is 15.4 Å². The number of carbonyl (C=O) groups excluding carboxylic acids is 1. The second kappa shape index (κ2) is 6.61. The molecular weight excluding hydrogens is 350 g/mol. The highest BCUT2D eigenvalue weighted by Crippen LogP contribution is 2.25. The number of aryl methyl sites for hydroxylation is 1. The Morgan fingerprint density at radius 3 is 2.85 bits per heavy atom. The van der Waals surface area contributed by atoms with E-state index in [0.29, 0.717) is 17.7 Å². The first-order chi connectivity index (χ1) is 12.6. The zero-order chi connectivity index (χ0) is 18.1. The lowest BCUT2D eigenvalue weighted by atomic mass is 10.1. The summed E-state index contributed by atoms with van der Waals surface area (Å²) in [5.41, 5.74) is 3.54. The third-order valence-electron chi connectivity index (χ3n) is 4.08. The number of fused-ring (bicyclic) bond motifs is 1. The Morgan fingerprint density at radius 1 is 1.23 bits per heavy atom. The topological polar surface area (TPSA) is 77.1 Å². The van der Waals surface area contributed by atoms with Gasteiger partial charge >= 0.3 is 5.76 Å². The van der Waals surface area contributed by atoms with Gasteiger partial charge in [-0.3, -0.25) is 9.36 Å². The molecule has 0 aliphatic rings. The summed E-state index contributed by atoms with van der Waals surface area (Å²) >= 11 is 1.47. The lowest BCUT2D eigenvalue weighted by Gasteiger charge is -2.02. The second-order valence-electron chi connectivity index (χ2n) is 5.78. The number of hydrogen-bond donors (Lipinski definition) is 1. The normalized spacial score (nSPS) is 11.0. The van der Waals surface area contributed by atoms with Crippen LogP contribution in [-0.4, -0.2) is 15.5 Å². The molecule has 0 fully saturated rings. The van der Waals surface area contributed by atoms with Crippen LogP contribution in [0.5, 0.6) is 0 Å². The van der Waals surface area contributed by atoms with Gasteiger partial charge in [-0.25, -0.2) is 9.78 Å². The molecule has 2 aromatic carbocycles. The molecule has 1 N–H and O–H groups in total. The van der Waals surface area contributed by atoms with Crippen molar-refractivity contribution in [1.29, 1.82) is 0 Å². The molecule has 0 atom stereocenters. The average molecular weight is 365 g/mol. The van der Waals surface area contributed by atoms with Gasteiger partial charge in [0, 0.05) is 23.6 Å². The molecule has 2 aromatic heterocycles. The zero-order valence-electron chi connectivity index (χ0n) is 13.9. The monoisotopic (exact) mass is 365 g/mol. The van der Waals surface area contributed by atoms with Crippen LogP contribution in [0.25, 0.3) is 22.4 Å². The van der Waals surface area contributed by atoms with E-state index in [4.69, 9.17) is 4.42 Å². The summed E-state index contributed by atoms with van der Waals surface area (Å²) in [4.78, 5) is 28.3. The number of oxazole rings is 1. The van der Waals surface area contributed by atoms with Crippen LogP contribution in [0.15, 0.2) is 63.1 Å². The zero-order valence-corrected chi connectivity index (χ0v) is 14.7. The van der Waals surface area contributed by atoms with Gasteiger partial charge in [-0.1, -0.05) is 24.3 Å². The Morgan fingerprint density at radius 2 is 2.04 bits per heavy atom. The Labute approximate surface area is 152 Å². The molecule has 26 heavy (non-hydrogen) atoms. The summed E-state index contributed by atoms with van der Waals surface area (Å²) < 4.78 is 6.68. The molecule has 0 saturated carbocycles. The predicted octanol–water partition coefficient (Wildman–Crippen LogP) is 3.19. The van der Waals surface area contributed by atoms with Crippen LogP contribution in [-0.2, 0) is 13.6 Å². The molecule has 0 aliphatic heterocycles. The SMILES string of the molecule is Cn1c(=O)oc2cc(-c3csc(CNC(=O)c4ccccc4)n3)ccc21. The maximum Gasteiger partial charge on any atom is 0.419 e. The van der Waals surface area contributed by atoms with E-state index in [1.165, 1.54) is 15.9 Å². The molecule has 0 bridgehead atoms. The van der Waals surface area contributed by atoms with Crippen LogP contribution in [0.2, 0.25) is 0 Å². The minimum atomic E-state index is -0.389. The minimum absolute atomic E-state index is 0.130. The van der Waals surface area contributed by atoms with Gasteiger partial charge in [0.05, 0.1) is 17.8 Å². The van der Waals surface area contributed by atoms with Crippen molar-refractivity contribution in [1.82, 2.24) is 14.9 Å². The molecule has 4 aromatic rings. The number of nitrogens with zero attached hydrogens (tertiary/aromatic N) is 2. The van der Waals surface area contributed by atoms with Gasteiger partial charge in [0.15, 0.2) is 5.58 Å². The highest BCUT2D eigenvalue weighted by Gasteiger charge is 2.11. The van der Waals surface area contributed by atoms with E-state index in [1.54, 1.807) is 25.2 Å². The van der Waals surface area contributed by atoms with Gasteiger partial charge in [-0.05, 0) is 24.3 Å². The third-order valence-corrected chi connectivity index (χ3v) is 4.92. The minimum Gasteiger partial charge on any atom is -0.408 e. The summed E-state index contributed by atoms with van der Waals surface area (Å²) in [5.74, 6) is -0.519. The number of amides is 1. The second-order valence-corrected chi connectivity index (χ2v) is 6.73. The molecule has 6 nitrogen and oxygen atoms in total. The highest BCUT2D eigenvalue weighted by atomic mass is 32.1. The van der Waals surface area contributed by atoms with E-state index in [1.807, 2.05) is 35.7 Å². The van der Waals surface area contributed by atoms with Gasteiger partial charge in [0.25, 0.3) is 5.91 Å². The first-order valence-electron chi connectivity index (χ1n) is 7.99. The van der Waals surface area contributed by atoms with E-state index < -0.39 is 0 Å². The highest BCUT2D eigenvalue weighted by molar-refractivity contribution is 7.09. The number of aromatic nitrogens is 2. The first-order valence-corrected chi connectivity index (χ1v) is 8.87. The van der Waals surface area contributed by atoms with E-state index >= 15 is 0 Å². The van der Waals surface area contributed by atoms with Crippen LogP contribution in [0.3, 0.4) is 0 Å². The van der Waals surface area contributed by atoms with Gasteiger partial charge in [-0.2, -0.15) is 0 Å². The van der Waals surface area contributed by atoms with Gasteiger partial charge in [-0.15, -0.1) is 11.3 Å². The van der Waals surface area contributed by atoms with E-state index in [2.05, 4.69) is 10.3 Å². The molecule has 130 valence electrons. The summed E-state index contributed by atoms with van der Waals surface area (Å²) in [6.45, 7) is 0.362. The summed E-state index contributed by atoms with van der Waals surface area (Å²) in [7, 11) is 1.67. The Balaban J connectivity index is 1.51. The number of nitrogens with one attached hydrogen (secondary N) is 1. The van der Waals surface area contributed by atoms with Crippen molar-refractivity contribution >= 4 is 28.3 Å². The van der Waals surface area contributed by atoms with Crippen LogP contribution >= 0.6 is 11.3 Å². The van der Waals surface area contributed by atoms with Crippen LogP contribution in [0, 0.1) is 0 Å². The van der Waals surface area contributed by atoms with Crippen LogP contribution < -0.4 is 11.1 Å². The van der Waals surface area contributed by atoms with Crippen LogP contribution in [0.4, 0.5) is 0 Å². The number of hydrogen-bond acceptors (Lipinski definition) is 5. The fourth-order valence-corrected chi connectivity index (χ4v) is 3.41. The smallest absolute Gasteiger partial charge is 0.408 e. The fraction of sp³-hybridized carbons (Fsp3) is 0.105. The van der Waals surface area contributed by atoms with Crippen molar-refractivity contribution in [3.8, 4) is 11.3 Å². The molecule has 0 aliphatic carbocycles. The molecule has 0 saturated heterocycles. The van der Waals surface area contributed by atoms with Crippen molar-refractivity contribution in [2.75, 3.05) is 0 Å². The van der Waals surface area contributed by atoms with Crippen molar-refractivity contribution in [3.05, 3.63) is 75.0 Å². The van der Waals surface area contributed by atoms with Gasteiger partial charge in [0.1, 0.15) is 5.01 Å². The lowest BCUT2D eigenvalue weighted by molar-refractivity contribution is 0.0951. The maximum atomic E-state index is 12.1. The van der Waals surface area contributed by atoms with Crippen molar-refractivity contribution in [3.63, 3.8) is 0 Å². The van der Waals surface area contributed by atoms with E-state index in [0.717, 1.165) is 21.8 Å². The molecule has 7 heteroatoms. The van der Waals surface area contributed by atoms with Gasteiger partial charge in [0.2, 0.25) is 0 Å². The molecule has 0 unspecified atom stereocenters. The fourth-order valence-electron chi connectivity index (χ4n) is 2.67. The summed E-state index contributed by atoms with van der Waals surface area (Å²) in [5, 5.41) is 5.59. The molecule has 0 radical (unpaired) electrons. The number of benzene rings is 2. The molecule has 1 amide bonds. The predicted molar refractivity (Wildman–Crippen MR) is 100 cm³/mol. The van der Waals surface area contributed by atoms with Crippen molar-refractivity contribution < 1.29 is 9.21 Å². The third kappa shape index (κ3) is 3.04.